The van der Waals surface area contributed by atoms with Crippen molar-refractivity contribution in [1.82, 2.24) is 0 Å². The molecule has 2 rings (SSSR count). The molecule has 3 nitrogen and oxygen atoms in total. The van der Waals surface area contributed by atoms with Crippen LogP contribution in [0.2, 0.25) is 0 Å². The zero-order valence-electron chi connectivity index (χ0n) is 12.6. The summed E-state index contributed by atoms with van der Waals surface area (Å²) < 4.78 is 28.5. The highest BCUT2D eigenvalue weighted by Crippen LogP contribution is 2.28. The van der Waals surface area contributed by atoms with Crippen LogP contribution < -0.4 is 4.31 Å². The number of hydrogen-bond acceptors (Lipinski definition) is 2. The lowest BCUT2D eigenvalue weighted by molar-refractivity contribution is 0.592. The van der Waals surface area contributed by atoms with Crippen molar-refractivity contribution >= 4 is 54.2 Å². The van der Waals surface area contributed by atoms with Crippen LogP contribution in [0.3, 0.4) is 0 Å². The molecule has 0 saturated heterocycles. The Morgan fingerprint density at radius 1 is 1.09 bits per heavy atom. The second-order valence-electron chi connectivity index (χ2n) is 4.93. The first-order chi connectivity index (χ1) is 11.0. The lowest BCUT2D eigenvalue weighted by Gasteiger charge is -2.24. The molecule has 6 heteroatoms. The number of anilines is 1. The summed E-state index contributed by atoms with van der Waals surface area (Å²) >= 11 is 5.48. The number of benzene rings is 2. The van der Waals surface area contributed by atoms with Crippen LogP contribution in [0.1, 0.15) is 5.56 Å². The van der Waals surface area contributed by atoms with E-state index in [1.165, 1.54) is 4.31 Å². The van der Waals surface area contributed by atoms with E-state index >= 15 is 0 Å². The van der Waals surface area contributed by atoms with Gasteiger partial charge in [0.1, 0.15) is 0 Å². The van der Waals surface area contributed by atoms with Gasteiger partial charge in [0.15, 0.2) is 0 Å². The maximum atomic E-state index is 13.1. The standard InChI is InChI=1S/C17H17BrINO2S/c1-14-8-10-15(11-9-14)23(21,22)20(13-5-4-12-18)17-7-3-2-6-16(17)19/h2-11H,12-13H2,1H3/b5-4+. The highest BCUT2D eigenvalue weighted by molar-refractivity contribution is 14.1. The number of para-hydroxylation sites is 1. The van der Waals surface area contributed by atoms with E-state index in [-0.39, 0.29) is 0 Å². The molecule has 0 heterocycles. The second-order valence-corrected chi connectivity index (χ2v) is 8.60. The zero-order chi connectivity index (χ0) is 16.9. The fraction of sp³-hybridized carbons (Fsp3) is 0.176. The van der Waals surface area contributed by atoms with Crippen molar-refractivity contribution in [2.24, 2.45) is 0 Å². The molecule has 122 valence electrons. The molecule has 0 amide bonds. The molecule has 23 heavy (non-hydrogen) atoms. The monoisotopic (exact) mass is 505 g/mol. The molecule has 0 unspecified atom stereocenters. The molecule has 0 N–H and O–H groups in total. The molecule has 0 aliphatic carbocycles. The van der Waals surface area contributed by atoms with Gasteiger partial charge < -0.3 is 0 Å². The van der Waals surface area contributed by atoms with Gasteiger partial charge in [-0.2, -0.15) is 0 Å². The number of halogens is 2. The summed E-state index contributed by atoms with van der Waals surface area (Å²) in [7, 11) is -3.61. The van der Waals surface area contributed by atoms with Crippen molar-refractivity contribution in [1.29, 1.82) is 0 Å². The van der Waals surface area contributed by atoms with Crippen molar-refractivity contribution in [2.75, 3.05) is 16.2 Å². The number of nitrogens with zero attached hydrogens (tertiary/aromatic N) is 1. The highest BCUT2D eigenvalue weighted by Gasteiger charge is 2.25. The molecule has 0 aromatic heterocycles. The normalized spacial score (nSPS) is 11.8. The van der Waals surface area contributed by atoms with E-state index in [0.29, 0.717) is 22.5 Å². The third kappa shape index (κ3) is 4.58. The van der Waals surface area contributed by atoms with Crippen LogP contribution in [-0.4, -0.2) is 20.3 Å². The van der Waals surface area contributed by atoms with Gasteiger partial charge in [0.05, 0.1) is 17.1 Å². The molecule has 0 radical (unpaired) electrons. The Kier molecular flexibility index (Phi) is 6.67. The van der Waals surface area contributed by atoms with Gasteiger partial charge in [-0.05, 0) is 53.8 Å². The topological polar surface area (TPSA) is 37.4 Å². The minimum absolute atomic E-state index is 0.293. The highest BCUT2D eigenvalue weighted by atomic mass is 127. The molecular weight excluding hydrogens is 489 g/mol. The third-order valence-corrected chi connectivity index (χ3v) is 6.34. The van der Waals surface area contributed by atoms with Crippen LogP contribution in [-0.2, 0) is 10.0 Å². The molecule has 0 aliphatic heterocycles. The van der Waals surface area contributed by atoms with Gasteiger partial charge >= 0.3 is 0 Å². The fourth-order valence-electron chi connectivity index (χ4n) is 2.05. The Bertz CT molecular complexity index is 788. The number of allylic oxidation sites excluding steroid dienone is 1. The minimum atomic E-state index is -3.61. The summed E-state index contributed by atoms with van der Waals surface area (Å²) in [6.07, 6.45) is 3.75. The van der Waals surface area contributed by atoms with Crippen molar-refractivity contribution in [3.05, 3.63) is 69.8 Å². The predicted molar refractivity (Wildman–Crippen MR) is 108 cm³/mol. The fourth-order valence-corrected chi connectivity index (χ4v) is 4.59. The van der Waals surface area contributed by atoms with Crippen LogP contribution in [0, 0.1) is 10.5 Å². The molecule has 0 bridgehead atoms. The van der Waals surface area contributed by atoms with Crippen molar-refractivity contribution in [3.8, 4) is 0 Å². The zero-order valence-corrected chi connectivity index (χ0v) is 17.2. The summed E-state index contributed by atoms with van der Waals surface area (Å²) in [6.45, 7) is 2.23. The van der Waals surface area contributed by atoms with E-state index in [1.807, 2.05) is 55.5 Å². The van der Waals surface area contributed by atoms with E-state index < -0.39 is 10.0 Å². The first-order valence-electron chi connectivity index (χ1n) is 7.01. The lowest BCUT2D eigenvalue weighted by atomic mass is 10.2. The Morgan fingerprint density at radius 2 is 1.74 bits per heavy atom. The van der Waals surface area contributed by atoms with Crippen LogP contribution in [0.4, 0.5) is 5.69 Å². The van der Waals surface area contributed by atoms with Gasteiger partial charge in [0.25, 0.3) is 10.0 Å². The van der Waals surface area contributed by atoms with Gasteiger partial charge in [0.2, 0.25) is 0 Å². The number of sulfonamides is 1. The predicted octanol–water partition coefficient (Wildman–Crippen LogP) is 4.75. The average molecular weight is 506 g/mol. The Labute approximate surface area is 159 Å². The van der Waals surface area contributed by atoms with Crippen molar-refractivity contribution in [2.45, 2.75) is 11.8 Å². The Morgan fingerprint density at radius 3 is 2.35 bits per heavy atom. The van der Waals surface area contributed by atoms with Gasteiger partial charge in [0, 0.05) is 8.90 Å². The molecule has 2 aromatic rings. The van der Waals surface area contributed by atoms with Crippen LogP contribution in [0.15, 0.2) is 65.6 Å². The minimum Gasteiger partial charge on any atom is -0.261 e. The second kappa shape index (κ2) is 8.30. The van der Waals surface area contributed by atoms with Crippen LogP contribution >= 0.6 is 38.5 Å². The Hall–Kier alpha value is -0.860. The molecule has 0 spiro atoms. The van der Waals surface area contributed by atoms with Crippen molar-refractivity contribution in [3.63, 3.8) is 0 Å². The van der Waals surface area contributed by atoms with Gasteiger partial charge in [-0.15, -0.1) is 0 Å². The largest absolute Gasteiger partial charge is 0.264 e. The number of aryl methyl sites for hydroxylation is 1. The molecule has 0 aliphatic rings. The van der Waals surface area contributed by atoms with E-state index in [2.05, 4.69) is 38.5 Å². The van der Waals surface area contributed by atoms with Gasteiger partial charge in [-0.3, -0.25) is 4.31 Å². The average Bonchev–Trinajstić information content (AvgIpc) is 2.53. The maximum Gasteiger partial charge on any atom is 0.264 e. The third-order valence-electron chi connectivity index (χ3n) is 3.26. The smallest absolute Gasteiger partial charge is 0.261 e. The first kappa shape index (κ1) is 18.5. The molecule has 0 atom stereocenters. The van der Waals surface area contributed by atoms with E-state index in [4.69, 9.17) is 0 Å². The summed E-state index contributed by atoms with van der Waals surface area (Å²) in [5.41, 5.74) is 1.72. The SMILES string of the molecule is Cc1ccc(S(=O)(=O)N(C/C=C/CBr)c2ccccc2I)cc1. The quantitative estimate of drug-likeness (QED) is 0.323. The summed E-state index contributed by atoms with van der Waals surface area (Å²) in [4.78, 5) is 0.301. The van der Waals surface area contributed by atoms with E-state index in [9.17, 15) is 8.42 Å². The number of rotatable bonds is 6. The molecule has 0 fully saturated rings. The number of alkyl halides is 1. The summed E-state index contributed by atoms with van der Waals surface area (Å²) in [6, 6.07) is 14.4. The molecule has 0 saturated carbocycles. The van der Waals surface area contributed by atoms with Crippen molar-refractivity contribution < 1.29 is 8.42 Å². The number of hydrogen-bond donors (Lipinski definition) is 0. The molecule has 2 aromatic carbocycles. The van der Waals surface area contributed by atoms with Gasteiger partial charge in [-0.25, -0.2) is 8.42 Å². The van der Waals surface area contributed by atoms with Crippen LogP contribution in [0.5, 0.6) is 0 Å². The summed E-state index contributed by atoms with van der Waals surface area (Å²) in [5.74, 6) is 0. The van der Waals surface area contributed by atoms with E-state index in [1.54, 1.807) is 12.1 Å². The lowest BCUT2D eigenvalue weighted by Crippen LogP contribution is -2.32. The van der Waals surface area contributed by atoms with E-state index in [0.717, 1.165) is 9.13 Å². The molecular formula is C17H17BrINO2S. The maximum absolute atomic E-state index is 13.1. The van der Waals surface area contributed by atoms with Crippen LogP contribution in [0.25, 0.3) is 0 Å². The van der Waals surface area contributed by atoms with Gasteiger partial charge in [-0.1, -0.05) is 57.9 Å². The Balaban J connectivity index is 2.50. The summed E-state index contributed by atoms with van der Waals surface area (Å²) in [5, 5.41) is 0.692. The first-order valence-corrected chi connectivity index (χ1v) is 10.7.